The topological polar surface area (TPSA) is 58.6 Å². The van der Waals surface area contributed by atoms with Crippen molar-refractivity contribution in [3.8, 4) is 5.75 Å². The van der Waals surface area contributed by atoms with E-state index in [0.29, 0.717) is 23.1 Å². The Hall–Kier alpha value is -3.08. The molecule has 5 nitrogen and oxygen atoms in total. The number of carbonyl (C=O) groups is 2. The van der Waals surface area contributed by atoms with Crippen LogP contribution in [0.15, 0.2) is 54.3 Å². The second kappa shape index (κ2) is 8.34. The fraction of sp³-hybridized carbons (Fsp3) is 0.360. The van der Waals surface area contributed by atoms with Crippen molar-refractivity contribution >= 4 is 23.6 Å². The zero-order valence-electron chi connectivity index (χ0n) is 17.7. The van der Waals surface area contributed by atoms with E-state index < -0.39 is 0 Å². The Morgan fingerprint density at radius 3 is 2.60 bits per heavy atom. The molecule has 2 amide bonds. The SMILES string of the molecule is C[C@@H]1[C@H](C)CCC[C@@H]1NC(=O)c1ccc(/C=C2\Oc3ccccc3N(C)C2=O)cc1. The number of nitrogens with zero attached hydrogens (tertiary/aromatic N) is 1. The van der Waals surface area contributed by atoms with Gasteiger partial charge in [-0.25, -0.2) is 0 Å². The Morgan fingerprint density at radius 2 is 1.83 bits per heavy atom. The highest BCUT2D eigenvalue weighted by atomic mass is 16.5. The lowest BCUT2D eigenvalue weighted by atomic mass is 9.78. The first-order valence-electron chi connectivity index (χ1n) is 10.6. The molecule has 1 N–H and O–H groups in total. The predicted molar refractivity (Wildman–Crippen MR) is 118 cm³/mol. The molecule has 0 aromatic heterocycles. The molecule has 1 aliphatic heterocycles. The molecule has 4 rings (SSSR count). The zero-order chi connectivity index (χ0) is 21.3. The summed E-state index contributed by atoms with van der Waals surface area (Å²) in [6.45, 7) is 4.48. The fourth-order valence-electron chi connectivity index (χ4n) is 4.27. The largest absolute Gasteiger partial charge is 0.449 e. The number of ether oxygens (including phenoxy) is 1. The fourth-order valence-corrected chi connectivity index (χ4v) is 4.27. The van der Waals surface area contributed by atoms with Crippen LogP contribution in [-0.2, 0) is 4.79 Å². The summed E-state index contributed by atoms with van der Waals surface area (Å²) in [5.41, 5.74) is 2.18. The highest BCUT2D eigenvalue weighted by Gasteiger charge is 2.29. The Kier molecular flexibility index (Phi) is 5.62. The molecule has 0 unspecified atom stereocenters. The summed E-state index contributed by atoms with van der Waals surface area (Å²) in [5.74, 6) is 1.79. The lowest BCUT2D eigenvalue weighted by Crippen LogP contribution is -2.43. The lowest BCUT2D eigenvalue weighted by molar-refractivity contribution is -0.117. The molecule has 2 aromatic carbocycles. The standard InChI is InChI=1S/C25H28N2O3/c1-16-7-6-8-20(17(16)2)26-24(28)19-13-11-18(12-14-19)15-23-25(29)27(3)21-9-4-5-10-22(21)30-23/h4-5,9-17,20H,6-8H2,1-3H3,(H,26,28)/b23-15-/t16-,17-,20+/m1/s1. The van der Waals surface area contributed by atoms with Gasteiger partial charge in [-0.15, -0.1) is 0 Å². The van der Waals surface area contributed by atoms with Gasteiger partial charge in [0.15, 0.2) is 11.5 Å². The first kappa shape index (κ1) is 20.2. The van der Waals surface area contributed by atoms with Crippen molar-refractivity contribution < 1.29 is 14.3 Å². The highest BCUT2D eigenvalue weighted by Crippen LogP contribution is 2.34. The average molecular weight is 405 g/mol. The molecule has 1 fully saturated rings. The number of nitrogens with one attached hydrogen (secondary N) is 1. The molecule has 5 heteroatoms. The summed E-state index contributed by atoms with van der Waals surface area (Å²) < 4.78 is 5.81. The van der Waals surface area contributed by atoms with Crippen LogP contribution >= 0.6 is 0 Å². The molecular formula is C25H28N2O3. The summed E-state index contributed by atoms with van der Waals surface area (Å²) in [6, 6.07) is 14.9. The average Bonchev–Trinajstić information content (AvgIpc) is 2.75. The number of rotatable bonds is 3. The maximum absolute atomic E-state index is 12.7. The van der Waals surface area contributed by atoms with Crippen molar-refractivity contribution in [2.45, 2.75) is 39.2 Å². The number of likely N-dealkylation sites (N-methyl/N-ethyl adjacent to an activating group) is 1. The van der Waals surface area contributed by atoms with E-state index in [-0.39, 0.29) is 23.6 Å². The first-order chi connectivity index (χ1) is 14.4. The van der Waals surface area contributed by atoms with Gasteiger partial charge in [-0.05, 0) is 54.2 Å². The third kappa shape index (κ3) is 3.97. The summed E-state index contributed by atoms with van der Waals surface area (Å²) in [7, 11) is 1.73. The van der Waals surface area contributed by atoms with Crippen LogP contribution in [0, 0.1) is 11.8 Å². The van der Waals surface area contributed by atoms with Crippen molar-refractivity contribution in [1.29, 1.82) is 0 Å². The molecule has 0 spiro atoms. The van der Waals surface area contributed by atoms with Crippen LogP contribution in [0.1, 0.15) is 49.0 Å². The summed E-state index contributed by atoms with van der Waals surface area (Å²) in [6.07, 6.45) is 5.14. The predicted octanol–water partition coefficient (Wildman–Crippen LogP) is 4.64. The molecule has 156 valence electrons. The molecule has 1 aliphatic carbocycles. The Morgan fingerprint density at radius 1 is 1.10 bits per heavy atom. The number of fused-ring (bicyclic) bond motifs is 1. The van der Waals surface area contributed by atoms with Gasteiger partial charge in [-0.2, -0.15) is 0 Å². The van der Waals surface area contributed by atoms with Crippen LogP contribution in [0.2, 0.25) is 0 Å². The summed E-state index contributed by atoms with van der Waals surface area (Å²) in [5, 5.41) is 3.20. The zero-order valence-corrected chi connectivity index (χ0v) is 17.7. The number of benzene rings is 2. The quantitative estimate of drug-likeness (QED) is 0.759. The van der Waals surface area contributed by atoms with E-state index in [9.17, 15) is 9.59 Å². The van der Waals surface area contributed by atoms with Crippen LogP contribution in [0.3, 0.4) is 0 Å². The normalized spacial score (nSPS) is 24.9. The molecule has 1 heterocycles. The summed E-state index contributed by atoms with van der Waals surface area (Å²) >= 11 is 0. The van der Waals surface area contributed by atoms with Crippen LogP contribution in [0.4, 0.5) is 5.69 Å². The van der Waals surface area contributed by atoms with Crippen molar-refractivity contribution in [3.63, 3.8) is 0 Å². The number of carbonyl (C=O) groups excluding carboxylic acids is 2. The number of anilines is 1. The van der Waals surface area contributed by atoms with Crippen LogP contribution in [0.25, 0.3) is 6.08 Å². The second-order valence-electron chi connectivity index (χ2n) is 8.41. The highest BCUT2D eigenvalue weighted by molar-refractivity contribution is 6.09. The molecular weight excluding hydrogens is 376 g/mol. The third-order valence-electron chi connectivity index (χ3n) is 6.46. The van der Waals surface area contributed by atoms with Crippen molar-refractivity contribution in [3.05, 3.63) is 65.4 Å². The summed E-state index contributed by atoms with van der Waals surface area (Å²) in [4.78, 5) is 26.9. The molecule has 2 aromatic rings. The van der Waals surface area contributed by atoms with Gasteiger partial charge in [0.05, 0.1) is 5.69 Å². The number of amides is 2. The molecule has 0 radical (unpaired) electrons. The Labute approximate surface area is 177 Å². The molecule has 1 saturated carbocycles. The van der Waals surface area contributed by atoms with Gasteiger partial charge in [-0.1, -0.05) is 51.0 Å². The monoisotopic (exact) mass is 404 g/mol. The van der Waals surface area contributed by atoms with Gasteiger partial charge in [0.2, 0.25) is 0 Å². The molecule has 30 heavy (non-hydrogen) atoms. The van der Waals surface area contributed by atoms with E-state index in [0.717, 1.165) is 24.1 Å². The van der Waals surface area contributed by atoms with E-state index in [2.05, 4.69) is 19.2 Å². The molecule has 3 atom stereocenters. The first-order valence-corrected chi connectivity index (χ1v) is 10.6. The van der Waals surface area contributed by atoms with E-state index >= 15 is 0 Å². The van der Waals surface area contributed by atoms with E-state index in [1.54, 1.807) is 30.2 Å². The van der Waals surface area contributed by atoms with Crippen LogP contribution in [0.5, 0.6) is 5.75 Å². The maximum atomic E-state index is 12.7. The van der Waals surface area contributed by atoms with Crippen molar-refractivity contribution in [2.24, 2.45) is 11.8 Å². The molecule has 0 saturated heterocycles. The van der Waals surface area contributed by atoms with Gasteiger partial charge >= 0.3 is 0 Å². The van der Waals surface area contributed by atoms with Crippen molar-refractivity contribution in [1.82, 2.24) is 5.32 Å². The third-order valence-corrected chi connectivity index (χ3v) is 6.46. The lowest BCUT2D eigenvalue weighted by Gasteiger charge is -2.34. The van der Waals surface area contributed by atoms with Crippen molar-refractivity contribution in [2.75, 3.05) is 11.9 Å². The van der Waals surface area contributed by atoms with E-state index in [1.807, 2.05) is 36.4 Å². The Balaban J connectivity index is 1.47. The molecule has 0 bridgehead atoms. The van der Waals surface area contributed by atoms with E-state index in [1.165, 1.54) is 6.42 Å². The Bertz CT molecular complexity index is 980. The van der Waals surface area contributed by atoms with Crippen LogP contribution in [-0.4, -0.2) is 24.9 Å². The minimum Gasteiger partial charge on any atom is -0.449 e. The molecule has 2 aliphatic rings. The van der Waals surface area contributed by atoms with Gasteiger partial charge in [0.25, 0.3) is 11.8 Å². The number of hydrogen-bond donors (Lipinski definition) is 1. The number of para-hydroxylation sites is 2. The van der Waals surface area contributed by atoms with Gasteiger partial charge in [0, 0.05) is 18.7 Å². The second-order valence-corrected chi connectivity index (χ2v) is 8.41. The minimum absolute atomic E-state index is 0.0428. The van der Waals surface area contributed by atoms with Gasteiger partial charge in [-0.3, -0.25) is 9.59 Å². The number of hydrogen-bond acceptors (Lipinski definition) is 3. The minimum atomic E-state index is -0.198. The smallest absolute Gasteiger partial charge is 0.293 e. The maximum Gasteiger partial charge on any atom is 0.293 e. The van der Waals surface area contributed by atoms with E-state index in [4.69, 9.17) is 4.74 Å². The van der Waals surface area contributed by atoms with Gasteiger partial charge in [0.1, 0.15) is 0 Å². The van der Waals surface area contributed by atoms with Gasteiger partial charge < -0.3 is 15.0 Å². The van der Waals surface area contributed by atoms with Crippen LogP contribution < -0.4 is 15.0 Å².